The smallest absolute Gasteiger partial charge is 0.244 e. The summed E-state index contributed by atoms with van der Waals surface area (Å²) in [6.07, 6.45) is 1.83. The van der Waals surface area contributed by atoms with Crippen molar-refractivity contribution in [2.24, 2.45) is 5.10 Å². The number of nitrogens with one attached hydrogen (secondary N) is 1. The highest BCUT2D eigenvalue weighted by atomic mass is 19.1. The Bertz CT molecular complexity index is 715. The van der Waals surface area contributed by atoms with Crippen LogP contribution in [-0.2, 0) is 11.2 Å². The molecule has 0 bridgehead atoms. The van der Waals surface area contributed by atoms with Gasteiger partial charge in [0, 0.05) is 23.0 Å². The zero-order valence-corrected chi connectivity index (χ0v) is 13.9. The Morgan fingerprint density at radius 3 is 2.52 bits per heavy atom. The molecule has 0 saturated heterocycles. The summed E-state index contributed by atoms with van der Waals surface area (Å²) < 4.78 is 15.0. The molecule has 1 amide bonds. The summed E-state index contributed by atoms with van der Waals surface area (Å²) in [5.41, 5.74) is 6.52. The number of hydrazone groups is 1. The first kappa shape index (κ1) is 16.9. The Balaban J connectivity index is 1.97. The average molecular weight is 315 g/mol. The highest BCUT2D eigenvalue weighted by molar-refractivity contribution is 5.84. The number of hydrogen-bond acceptors (Lipinski definition) is 2. The molecule has 0 fully saturated rings. The van der Waals surface area contributed by atoms with Crippen molar-refractivity contribution in [2.75, 3.05) is 0 Å². The number of nitrogens with zero attached hydrogens (tertiary/aromatic N) is 2. The second kappa shape index (κ2) is 7.22. The summed E-state index contributed by atoms with van der Waals surface area (Å²) in [6, 6.07) is 8.29. The third-order valence-corrected chi connectivity index (χ3v) is 3.71. The Labute approximate surface area is 136 Å². The third kappa shape index (κ3) is 4.28. The van der Waals surface area contributed by atoms with Gasteiger partial charge in [-0.1, -0.05) is 12.1 Å². The molecule has 4 nitrogen and oxygen atoms in total. The average Bonchev–Trinajstić information content (AvgIpc) is 2.76. The van der Waals surface area contributed by atoms with Crippen molar-refractivity contribution in [1.82, 2.24) is 9.99 Å². The van der Waals surface area contributed by atoms with Crippen molar-refractivity contribution in [2.45, 2.75) is 40.2 Å². The fourth-order valence-corrected chi connectivity index (χ4v) is 2.73. The van der Waals surface area contributed by atoms with Gasteiger partial charge in [0.15, 0.2) is 0 Å². The van der Waals surface area contributed by atoms with E-state index in [0.717, 1.165) is 22.5 Å². The van der Waals surface area contributed by atoms with E-state index in [1.54, 1.807) is 18.3 Å². The molecule has 0 aliphatic carbocycles. The van der Waals surface area contributed by atoms with Crippen molar-refractivity contribution in [3.8, 4) is 0 Å². The molecule has 0 unspecified atom stereocenters. The number of amides is 1. The monoisotopic (exact) mass is 315 g/mol. The van der Waals surface area contributed by atoms with Crippen LogP contribution in [-0.4, -0.2) is 16.7 Å². The maximum atomic E-state index is 12.8. The van der Waals surface area contributed by atoms with Gasteiger partial charge in [0.05, 0.1) is 12.6 Å². The van der Waals surface area contributed by atoms with Gasteiger partial charge in [-0.25, -0.2) is 9.82 Å². The second-order valence-corrected chi connectivity index (χ2v) is 5.89. The Hall–Kier alpha value is -2.43. The summed E-state index contributed by atoms with van der Waals surface area (Å²) in [5.74, 6) is -0.543. The van der Waals surface area contributed by atoms with E-state index in [9.17, 15) is 9.18 Å². The second-order valence-electron chi connectivity index (χ2n) is 5.89. The van der Waals surface area contributed by atoms with Gasteiger partial charge in [0.25, 0.3) is 0 Å². The van der Waals surface area contributed by atoms with Crippen molar-refractivity contribution in [1.29, 1.82) is 0 Å². The number of carbonyl (C=O) groups excluding carboxylic acids is 1. The van der Waals surface area contributed by atoms with Gasteiger partial charge in [-0.05, 0) is 51.5 Å². The molecule has 1 heterocycles. The van der Waals surface area contributed by atoms with Crippen LogP contribution in [0.2, 0.25) is 0 Å². The summed E-state index contributed by atoms with van der Waals surface area (Å²) >= 11 is 0. The van der Waals surface area contributed by atoms with Crippen LogP contribution in [0.3, 0.4) is 0 Å². The Kier molecular flexibility index (Phi) is 5.32. The molecule has 0 spiro atoms. The lowest BCUT2D eigenvalue weighted by atomic mass is 10.1. The van der Waals surface area contributed by atoms with Crippen LogP contribution in [0.1, 0.15) is 42.4 Å². The highest BCUT2D eigenvalue weighted by Gasteiger charge is 2.10. The van der Waals surface area contributed by atoms with Crippen LogP contribution >= 0.6 is 0 Å². The predicted molar refractivity (Wildman–Crippen MR) is 90.1 cm³/mol. The fraction of sp³-hybridized carbons (Fsp3) is 0.333. The maximum Gasteiger partial charge on any atom is 0.244 e. The molecule has 0 aliphatic heterocycles. The van der Waals surface area contributed by atoms with Crippen molar-refractivity contribution < 1.29 is 9.18 Å². The minimum Gasteiger partial charge on any atom is -0.346 e. The molecule has 5 heteroatoms. The SMILES string of the molecule is Cc1cc(/C=N\NC(=O)Cc2ccc(F)cc2)c(C)n1C(C)C. The molecule has 1 N–H and O–H groups in total. The van der Waals surface area contributed by atoms with Crippen LogP contribution in [0, 0.1) is 19.7 Å². The molecule has 23 heavy (non-hydrogen) atoms. The molecular weight excluding hydrogens is 293 g/mol. The van der Waals surface area contributed by atoms with Gasteiger partial charge in [0.2, 0.25) is 5.91 Å². The first-order chi connectivity index (χ1) is 10.9. The number of aromatic nitrogens is 1. The lowest BCUT2D eigenvalue weighted by molar-refractivity contribution is -0.120. The standard InChI is InChI=1S/C18H22FN3O/c1-12(2)22-13(3)9-16(14(22)4)11-20-21-18(23)10-15-5-7-17(19)8-6-15/h5-9,11-12H,10H2,1-4H3,(H,21,23)/b20-11-. The van der Waals surface area contributed by atoms with E-state index in [-0.39, 0.29) is 18.1 Å². The molecular formula is C18H22FN3O. The molecule has 0 aliphatic rings. The van der Waals surface area contributed by atoms with Gasteiger partial charge >= 0.3 is 0 Å². The third-order valence-electron chi connectivity index (χ3n) is 3.71. The number of rotatable bonds is 5. The van der Waals surface area contributed by atoms with Crippen molar-refractivity contribution in [3.63, 3.8) is 0 Å². The predicted octanol–water partition coefficient (Wildman–Crippen LogP) is 3.52. The number of hydrogen-bond donors (Lipinski definition) is 1. The van der Waals surface area contributed by atoms with E-state index in [0.29, 0.717) is 6.04 Å². The molecule has 1 aromatic heterocycles. The van der Waals surface area contributed by atoms with Gasteiger partial charge in [-0.3, -0.25) is 4.79 Å². The molecule has 0 atom stereocenters. The van der Waals surface area contributed by atoms with E-state index in [4.69, 9.17) is 0 Å². The lowest BCUT2D eigenvalue weighted by Gasteiger charge is -2.13. The minimum atomic E-state index is -0.312. The van der Waals surface area contributed by atoms with E-state index in [1.807, 2.05) is 13.0 Å². The minimum absolute atomic E-state index is 0.169. The highest BCUT2D eigenvalue weighted by Crippen LogP contribution is 2.18. The number of benzene rings is 1. The van der Waals surface area contributed by atoms with Crippen LogP contribution in [0.15, 0.2) is 35.4 Å². The van der Waals surface area contributed by atoms with Crippen LogP contribution in [0.25, 0.3) is 0 Å². The molecule has 1 aromatic carbocycles. The topological polar surface area (TPSA) is 46.4 Å². The Morgan fingerprint density at radius 1 is 1.30 bits per heavy atom. The molecule has 2 rings (SSSR count). The number of halogens is 1. The number of aryl methyl sites for hydroxylation is 1. The normalized spacial score (nSPS) is 11.4. The molecule has 122 valence electrons. The van der Waals surface area contributed by atoms with Gasteiger partial charge < -0.3 is 4.57 Å². The first-order valence-corrected chi connectivity index (χ1v) is 7.63. The quantitative estimate of drug-likeness (QED) is 0.666. The molecule has 0 radical (unpaired) electrons. The zero-order chi connectivity index (χ0) is 17.0. The van der Waals surface area contributed by atoms with E-state index < -0.39 is 0 Å². The van der Waals surface area contributed by atoms with Crippen LogP contribution in [0.4, 0.5) is 4.39 Å². The van der Waals surface area contributed by atoms with Crippen LogP contribution in [0.5, 0.6) is 0 Å². The van der Waals surface area contributed by atoms with E-state index in [2.05, 4.69) is 35.9 Å². The van der Waals surface area contributed by atoms with Crippen LogP contribution < -0.4 is 5.43 Å². The van der Waals surface area contributed by atoms with Gasteiger partial charge in [0.1, 0.15) is 5.82 Å². The lowest BCUT2D eigenvalue weighted by Crippen LogP contribution is -2.19. The van der Waals surface area contributed by atoms with E-state index >= 15 is 0 Å². The molecule has 2 aromatic rings. The van der Waals surface area contributed by atoms with Crippen molar-refractivity contribution >= 4 is 12.1 Å². The fourth-order valence-electron chi connectivity index (χ4n) is 2.73. The first-order valence-electron chi connectivity index (χ1n) is 7.63. The van der Waals surface area contributed by atoms with E-state index in [1.165, 1.54) is 12.1 Å². The summed E-state index contributed by atoms with van der Waals surface area (Å²) in [6.45, 7) is 8.35. The zero-order valence-electron chi connectivity index (χ0n) is 13.9. The summed E-state index contributed by atoms with van der Waals surface area (Å²) in [4.78, 5) is 11.8. The van der Waals surface area contributed by atoms with Gasteiger partial charge in [-0.15, -0.1) is 0 Å². The number of carbonyl (C=O) groups is 1. The maximum absolute atomic E-state index is 12.8. The summed E-state index contributed by atoms with van der Waals surface area (Å²) in [7, 11) is 0. The Morgan fingerprint density at radius 2 is 1.96 bits per heavy atom. The van der Waals surface area contributed by atoms with Crippen molar-refractivity contribution in [3.05, 3.63) is 58.7 Å². The van der Waals surface area contributed by atoms with Gasteiger partial charge in [-0.2, -0.15) is 5.10 Å². The largest absolute Gasteiger partial charge is 0.346 e. The molecule has 0 saturated carbocycles. The summed E-state index contributed by atoms with van der Waals surface area (Å²) in [5, 5.41) is 4.02.